The second-order valence-corrected chi connectivity index (χ2v) is 9.46. The highest BCUT2D eigenvalue weighted by Crippen LogP contribution is 2.24. The van der Waals surface area contributed by atoms with E-state index in [0.717, 1.165) is 16.7 Å². The zero-order chi connectivity index (χ0) is 21.3. The summed E-state index contributed by atoms with van der Waals surface area (Å²) in [7, 11) is -3.27. The average molecular weight is 416 g/mol. The van der Waals surface area contributed by atoms with Gasteiger partial charge in [-0.05, 0) is 81.1 Å². The number of ketones is 1. The summed E-state index contributed by atoms with van der Waals surface area (Å²) in [5.41, 5.74) is 4.28. The first-order valence-corrected chi connectivity index (χ1v) is 11.1. The Kier molecular flexibility index (Phi) is 5.80. The SMILES string of the molecule is Cc1cc(C)c(C(=O)[C@@H](C)OC(=O)c2ccc(N3CCCS3(=O)=O)cc2)cc1C. The fraction of sp³-hybridized carbons (Fsp3) is 0.364. The first-order chi connectivity index (χ1) is 13.6. The predicted octanol–water partition coefficient (Wildman–Crippen LogP) is 3.58. The van der Waals surface area contributed by atoms with Gasteiger partial charge < -0.3 is 4.74 Å². The van der Waals surface area contributed by atoms with E-state index in [4.69, 9.17) is 4.74 Å². The summed E-state index contributed by atoms with van der Waals surface area (Å²) in [5.74, 6) is -0.740. The Hall–Kier alpha value is -2.67. The maximum atomic E-state index is 12.7. The van der Waals surface area contributed by atoms with E-state index in [-0.39, 0.29) is 17.1 Å². The molecular weight excluding hydrogens is 390 g/mol. The van der Waals surface area contributed by atoms with Gasteiger partial charge in [-0.2, -0.15) is 0 Å². The minimum atomic E-state index is -3.27. The van der Waals surface area contributed by atoms with E-state index in [1.165, 1.54) is 16.4 Å². The maximum Gasteiger partial charge on any atom is 0.338 e. The smallest absolute Gasteiger partial charge is 0.338 e. The first kappa shape index (κ1) is 21.0. The van der Waals surface area contributed by atoms with Crippen LogP contribution in [0.3, 0.4) is 0 Å². The molecule has 1 saturated heterocycles. The quantitative estimate of drug-likeness (QED) is 0.551. The van der Waals surface area contributed by atoms with Gasteiger partial charge in [0, 0.05) is 12.1 Å². The van der Waals surface area contributed by atoms with Crippen LogP contribution in [0, 0.1) is 20.8 Å². The first-order valence-electron chi connectivity index (χ1n) is 9.53. The number of benzene rings is 2. The third-order valence-corrected chi connectivity index (χ3v) is 7.12. The summed E-state index contributed by atoms with van der Waals surface area (Å²) < 4.78 is 30.7. The van der Waals surface area contributed by atoms with Crippen molar-refractivity contribution in [2.75, 3.05) is 16.6 Å². The number of esters is 1. The van der Waals surface area contributed by atoms with E-state index in [1.807, 2.05) is 32.9 Å². The minimum absolute atomic E-state index is 0.133. The highest BCUT2D eigenvalue weighted by molar-refractivity contribution is 7.93. The molecule has 6 nitrogen and oxygen atoms in total. The molecule has 29 heavy (non-hydrogen) atoms. The van der Waals surface area contributed by atoms with Gasteiger partial charge >= 0.3 is 5.97 Å². The van der Waals surface area contributed by atoms with Gasteiger partial charge in [-0.1, -0.05) is 6.07 Å². The van der Waals surface area contributed by atoms with Crippen LogP contribution in [0.2, 0.25) is 0 Å². The van der Waals surface area contributed by atoms with E-state index in [1.54, 1.807) is 19.1 Å². The average Bonchev–Trinajstić information content (AvgIpc) is 3.03. The van der Waals surface area contributed by atoms with Crippen molar-refractivity contribution in [3.63, 3.8) is 0 Å². The van der Waals surface area contributed by atoms with Crippen molar-refractivity contribution in [2.24, 2.45) is 0 Å². The molecule has 3 rings (SSSR count). The minimum Gasteiger partial charge on any atom is -0.451 e. The van der Waals surface area contributed by atoms with E-state index < -0.39 is 22.1 Å². The molecule has 7 heteroatoms. The van der Waals surface area contributed by atoms with Crippen LogP contribution < -0.4 is 4.31 Å². The molecule has 2 aromatic rings. The lowest BCUT2D eigenvalue weighted by Gasteiger charge is -2.17. The van der Waals surface area contributed by atoms with Gasteiger partial charge in [-0.25, -0.2) is 13.2 Å². The number of ether oxygens (including phenoxy) is 1. The highest BCUT2D eigenvalue weighted by Gasteiger charge is 2.28. The van der Waals surface area contributed by atoms with Crippen molar-refractivity contribution in [3.05, 3.63) is 64.2 Å². The number of anilines is 1. The maximum absolute atomic E-state index is 12.7. The molecule has 1 atom stereocenters. The highest BCUT2D eigenvalue weighted by atomic mass is 32.2. The Bertz CT molecular complexity index is 1060. The molecule has 1 heterocycles. The van der Waals surface area contributed by atoms with Gasteiger partial charge in [-0.15, -0.1) is 0 Å². The topological polar surface area (TPSA) is 80.8 Å². The van der Waals surface area contributed by atoms with Crippen LogP contribution in [0.1, 0.15) is 50.8 Å². The molecule has 154 valence electrons. The fourth-order valence-corrected chi connectivity index (χ4v) is 4.98. The van der Waals surface area contributed by atoms with Crippen LogP contribution in [-0.2, 0) is 14.8 Å². The number of Topliss-reactive ketones (excluding diaryl/α,β-unsaturated/α-hetero) is 1. The van der Waals surface area contributed by atoms with Gasteiger partial charge in [0.2, 0.25) is 15.8 Å². The Morgan fingerprint density at radius 2 is 1.62 bits per heavy atom. The number of carbonyl (C=O) groups excluding carboxylic acids is 2. The van der Waals surface area contributed by atoms with Gasteiger partial charge in [0.15, 0.2) is 6.10 Å². The normalized spacial score (nSPS) is 16.5. The number of carbonyl (C=O) groups is 2. The van der Waals surface area contributed by atoms with Crippen molar-refractivity contribution in [1.82, 2.24) is 0 Å². The lowest BCUT2D eigenvalue weighted by molar-refractivity contribution is 0.0318. The molecule has 1 fully saturated rings. The summed E-state index contributed by atoms with van der Waals surface area (Å²) in [6.45, 7) is 7.77. The Balaban J connectivity index is 1.71. The van der Waals surface area contributed by atoms with Crippen LogP contribution >= 0.6 is 0 Å². The molecule has 0 saturated carbocycles. The van der Waals surface area contributed by atoms with E-state index in [0.29, 0.717) is 24.2 Å². The van der Waals surface area contributed by atoms with Gasteiger partial charge in [0.1, 0.15) is 0 Å². The second-order valence-electron chi connectivity index (χ2n) is 7.45. The number of hydrogen-bond acceptors (Lipinski definition) is 5. The largest absolute Gasteiger partial charge is 0.451 e. The number of nitrogens with zero attached hydrogens (tertiary/aromatic N) is 1. The Morgan fingerprint density at radius 3 is 2.21 bits per heavy atom. The van der Waals surface area contributed by atoms with E-state index >= 15 is 0 Å². The molecule has 0 spiro atoms. The third-order valence-electron chi connectivity index (χ3n) is 5.25. The summed E-state index contributed by atoms with van der Waals surface area (Å²) in [6, 6.07) is 9.97. The summed E-state index contributed by atoms with van der Waals surface area (Å²) in [5, 5.41) is 0. The zero-order valence-corrected chi connectivity index (χ0v) is 17.9. The number of aryl methyl sites for hydroxylation is 3. The molecule has 0 radical (unpaired) electrons. The van der Waals surface area contributed by atoms with Gasteiger partial charge in [-0.3, -0.25) is 9.10 Å². The fourth-order valence-electron chi connectivity index (χ4n) is 3.42. The lowest BCUT2D eigenvalue weighted by atomic mass is 9.96. The third kappa shape index (κ3) is 4.34. The molecule has 0 unspecified atom stereocenters. The van der Waals surface area contributed by atoms with E-state index in [9.17, 15) is 18.0 Å². The predicted molar refractivity (Wildman–Crippen MR) is 112 cm³/mol. The molecule has 0 bridgehead atoms. The van der Waals surface area contributed by atoms with Gasteiger partial charge in [0.05, 0.1) is 17.0 Å². The lowest BCUT2D eigenvalue weighted by Crippen LogP contribution is -2.26. The van der Waals surface area contributed by atoms with Crippen LogP contribution in [0.4, 0.5) is 5.69 Å². The van der Waals surface area contributed by atoms with E-state index in [2.05, 4.69) is 0 Å². The summed E-state index contributed by atoms with van der Waals surface area (Å²) >= 11 is 0. The van der Waals surface area contributed by atoms with Crippen molar-refractivity contribution in [2.45, 2.75) is 40.2 Å². The molecule has 0 aromatic heterocycles. The van der Waals surface area contributed by atoms with Crippen LogP contribution in [0.25, 0.3) is 0 Å². The molecular formula is C22H25NO5S. The Morgan fingerprint density at radius 1 is 1.00 bits per heavy atom. The molecule has 0 amide bonds. The van der Waals surface area contributed by atoms with Crippen LogP contribution in [0.15, 0.2) is 36.4 Å². The molecule has 1 aliphatic heterocycles. The second kappa shape index (κ2) is 7.99. The number of hydrogen-bond donors (Lipinski definition) is 0. The Labute approximate surface area is 171 Å². The van der Waals surface area contributed by atoms with Crippen LogP contribution in [-0.4, -0.2) is 38.6 Å². The molecule has 0 N–H and O–H groups in total. The number of rotatable bonds is 5. The summed E-state index contributed by atoms with van der Waals surface area (Å²) in [4.78, 5) is 25.2. The van der Waals surface area contributed by atoms with Gasteiger partial charge in [0.25, 0.3) is 0 Å². The molecule has 1 aliphatic rings. The van der Waals surface area contributed by atoms with Crippen molar-refractivity contribution in [1.29, 1.82) is 0 Å². The van der Waals surface area contributed by atoms with Crippen molar-refractivity contribution < 1.29 is 22.7 Å². The molecule has 0 aliphatic carbocycles. The van der Waals surface area contributed by atoms with Crippen LogP contribution in [0.5, 0.6) is 0 Å². The van der Waals surface area contributed by atoms with Crippen molar-refractivity contribution >= 4 is 27.5 Å². The number of sulfonamides is 1. The standard InChI is InChI=1S/C22H25NO5S/c1-14-12-16(3)20(13-15(14)2)21(24)17(4)28-22(25)18-6-8-19(9-7-18)23-10-5-11-29(23,26)27/h6-9,12-13,17H,5,10-11H2,1-4H3/t17-/m1/s1. The zero-order valence-electron chi connectivity index (χ0n) is 17.1. The monoisotopic (exact) mass is 415 g/mol. The molecule has 2 aromatic carbocycles. The summed E-state index contributed by atoms with van der Waals surface area (Å²) in [6.07, 6.45) is -0.342. The van der Waals surface area contributed by atoms with Crippen molar-refractivity contribution in [3.8, 4) is 0 Å².